The van der Waals surface area contributed by atoms with Crippen LogP contribution in [0.1, 0.15) is 46.3 Å². The van der Waals surface area contributed by atoms with Gasteiger partial charge in [-0.25, -0.2) is 4.79 Å². The molecule has 1 unspecified atom stereocenters. The molecule has 0 aliphatic carbocycles. The molecule has 1 aromatic carbocycles. The lowest BCUT2D eigenvalue weighted by Crippen LogP contribution is -2.27. The van der Waals surface area contributed by atoms with Crippen molar-refractivity contribution >= 4 is 23.2 Å². The quantitative estimate of drug-likeness (QED) is 0.430. The summed E-state index contributed by atoms with van der Waals surface area (Å²) >= 11 is 1.22. The van der Waals surface area contributed by atoms with E-state index in [1.54, 1.807) is 18.2 Å². The molecule has 1 aromatic heterocycles. The maximum Gasteiger partial charge on any atom is 0.348 e. The smallest absolute Gasteiger partial charge is 0.348 e. The van der Waals surface area contributed by atoms with Gasteiger partial charge in [-0.1, -0.05) is 49.1 Å². The van der Waals surface area contributed by atoms with Crippen LogP contribution in [0.15, 0.2) is 54.6 Å². The molecule has 3 atom stereocenters. The van der Waals surface area contributed by atoms with Crippen LogP contribution < -0.4 is 0 Å². The highest BCUT2D eigenvalue weighted by molar-refractivity contribution is 7.14. The van der Waals surface area contributed by atoms with Gasteiger partial charge in [0.05, 0.1) is 24.1 Å². The monoisotopic (exact) mass is 447 g/mol. The molecule has 1 N–H and O–H groups in total. The molecule has 1 aliphatic heterocycles. The topological polar surface area (TPSA) is 66.8 Å². The summed E-state index contributed by atoms with van der Waals surface area (Å²) < 4.78 is 4.70. The van der Waals surface area contributed by atoms with Gasteiger partial charge in [0.15, 0.2) is 0 Å². The number of methoxy groups -OCH3 is 1. The Morgan fingerprint density at radius 2 is 2.06 bits per heavy atom. The number of nitrogens with zero attached hydrogens (tertiary/aromatic N) is 1. The first-order chi connectivity index (χ1) is 15.5. The predicted molar refractivity (Wildman–Crippen MR) is 125 cm³/mol. The zero-order valence-corrected chi connectivity index (χ0v) is 18.9. The van der Waals surface area contributed by atoms with Crippen molar-refractivity contribution in [3.63, 3.8) is 0 Å². The molecular weight excluding hydrogens is 422 g/mol. The lowest BCUT2D eigenvalue weighted by atomic mass is 9.99. The number of carbonyl (C=O) groups excluding carboxylic acids is 2. The molecule has 1 amide bonds. The fraction of sp³-hybridized carbons (Fsp3) is 0.308. The van der Waals surface area contributed by atoms with Crippen LogP contribution in [0.25, 0.3) is 0 Å². The average molecular weight is 448 g/mol. The zero-order chi connectivity index (χ0) is 22.9. The number of likely N-dealkylation sites (tertiary alicyclic amines) is 1. The van der Waals surface area contributed by atoms with Gasteiger partial charge in [-0.3, -0.25) is 9.69 Å². The largest absolute Gasteiger partial charge is 0.465 e. The third kappa shape index (κ3) is 6.34. The van der Waals surface area contributed by atoms with Crippen LogP contribution in [-0.4, -0.2) is 41.1 Å². The van der Waals surface area contributed by atoms with Crippen LogP contribution in [0.2, 0.25) is 0 Å². The Bertz CT molecular complexity index is 1100. The number of esters is 1. The van der Waals surface area contributed by atoms with Gasteiger partial charge in [-0.15, -0.1) is 11.3 Å². The number of rotatable bonds is 5. The molecule has 1 fully saturated rings. The molecule has 0 spiro atoms. The molecule has 164 valence electrons. The van der Waals surface area contributed by atoms with Gasteiger partial charge in [-0.2, -0.15) is 0 Å². The minimum Gasteiger partial charge on any atom is -0.465 e. The highest BCUT2D eigenvalue weighted by Crippen LogP contribution is 2.21. The van der Waals surface area contributed by atoms with Crippen LogP contribution in [0.3, 0.4) is 0 Å². The lowest BCUT2D eigenvalue weighted by molar-refractivity contribution is -0.125. The van der Waals surface area contributed by atoms with Crippen molar-refractivity contribution in [1.29, 1.82) is 0 Å². The van der Waals surface area contributed by atoms with Gasteiger partial charge in [-0.05, 0) is 42.5 Å². The van der Waals surface area contributed by atoms with E-state index in [0.29, 0.717) is 29.0 Å². The Labute approximate surface area is 192 Å². The molecule has 2 aromatic rings. The Hall–Kier alpha value is -3.32. The summed E-state index contributed by atoms with van der Waals surface area (Å²) in [6, 6.07) is 15.8. The van der Waals surface area contributed by atoms with E-state index >= 15 is 0 Å². The second kappa shape index (κ2) is 11.3. The normalized spacial score (nSPS) is 17.3. The summed E-state index contributed by atoms with van der Waals surface area (Å²) in [5.74, 6) is 8.68. The number of hydrogen-bond donors (Lipinski definition) is 1. The summed E-state index contributed by atoms with van der Waals surface area (Å²) in [5.41, 5.74) is 0.952. The summed E-state index contributed by atoms with van der Waals surface area (Å²) in [6.45, 7) is 1.95. The molecule has 6 heteroatoms. The number of benzene rings is 1. The van der Waals surface area contributed by atoms with Crippen molar-refractivity contribution < 1.29 is 19.4 Å². The first kappa shape index (κ1) is 23.3. The predicted octanol–water partition coefficient (Wildman–Crippen LogP) is 3.83. The average Bonchev–Trinajstić information content (AvgIpc) is 3.42. The van der Waals surface area contributed by atoms with Gasteiger partial charge in [0.1, 0.15) is 4.88 Å². The third-order valence-corrected chi connectivity index (χ3v) is 6.07. The van der Waals surface area contributed by atoms with Gasteiger partial charge < -0.3 is 9.84 Å². The molecule has 1 saturated heterocycles. The third-order valence-electron chi connectivity index (χ3n) is 5.09. The van der Waals surface area contributed by atoms with Crippen molar-refractivity contribution in [2.45, 2.75) is 38.3 Å². The van der Waals surface area contributed by atoms with Gasteiger partial charge >= 0.3 is 5.97 Å². The number of aliphatic hydroxyl groups is 1. The van der Waals surface area contributed by atoms with Gasteiger partial charge in [0.2, 0.25) is 5.91 Å². The Morgan fingerprint density at radius 3 is 2.81 bits per heavy atom. The van der Waals surface area contributed by atoms with Crippen molar-refractivity contribution in [1.82, 2.24) is 4.90 Å². The molecule has 32 heavy (non-hydrogen) atoms. The molecule has 1 aliphatic rings. The van der Waals surface area contributed by atoms with E-state index in [0.717, 1.165) is 5.56 Å². The van der Waals surface area contributed by atoms with E-state index in [2.05, 4.69) is 23.8 Å². The second-order valence-corrected chi connectivity index (χ2v) is 8.57. The first-order valence-corrected chi connectivity index (χ1v) is 11.2. The van der Waals surface area contributed by atoms with E-state index in [9.17, 15) is 14.7 Å². The minimum atomic E-state index is -0.662. The highest BCUT2D eigenvalue weighted by atomic mass is 32.1. The summed E-state index contributed by atoms with van der Waals surface area (Å²) in [4.78, 5) is 26.5. The molecule has 2 heterocycles. The fourth-order valence-corrected chi connectivity index (χ4v) is 3.92. The Kier molecular flexibility index (Phi) is 8.27. The van der Waals surface area contributed by atoms with E-state index < -0.39 is 12.1 Å². The maximum atomic E-state index is 12.3. The Balaban J connectivity index is 1.59. The van der Waals surface area contributed by atoms with Crippen LogP contribution in [0.5, 0.6) is 0 Å². The van der Waals surface area contributed by atoms with Crippen molar-refractivity contribution in [2.24, 2.45) is 5.92 Å². The van der Waals surface area contributed by atoms with Gasteiger partial charge in [0.25, 0.3) is 0 Å². The van der Waals surface area contributed by atoms with E-state index in [1.807, 2.05) is 43.3 Å². The van der Waals surface area contributed by atoms with Crippen LogP contribution in [0.4, 0.5) is 0 Å². The number of carbonyl (C=O) groups is 2. The van der Waals surface area contributed by atoms with Gasteiger partial charge in [0, 0.05) is 24.4 Å². The van der Waals surface area contributed by atoms with Crippen molar-refractivity contribution in [2.75, 3.05) is 7.11 Å². The number of thiophene rings is 1. The SMILES string of the molecule is COC(=O)c1ccc(C#CN2C(=O)CC[C@@H]2/C=C/[C@@H](O)C(C)CC#Cc2ccccc2)s1. The number of hydrogen-bond acceptors (Lipinski definition) is 5. The zero-order valence-electron chi connectivity index (χ0n) is 18.1. The fourth-order valence-electron chi connectivity index (χ4n) is 3.15. The number of aliphatic hydroxyl groups excluding tert-OH is 1. The maximum absolute atomic E-state index is 12.3. The molecule has 3 rings (SSSR count). The Morgan fingerprint density at radius 1 is 1.28 bits per heavy atom. The summed E-state index contributed by atoms with van der Waals surface area (Å²) in [6.07, 6.45) is 4.54. The van der Waals surface area contributed by atoms with E-state index in [-0.39, 0.29) is 17.9 Å². The highest BCUT2D eigenvalue weighted by Gasteiger charge is 2.28. The molecule has 0 saturated carbocycles. The summed E-state index contributed by atoms with van der Waals surface area (Å²) in [7, 11) is 1.33. The van der Waals surface area contributed by atoms with Crippen LogP contribution in [-0.2, 0) is 9.53 Å². The molecule has 0 radical (unpaired) electrons. The first-order valence-electron chi connectivity index (χ1n) is 10.4. The summed E-state index contributed by atoms with van der Waals surface area (Å²) in [5, 5.41) is 10.5. The standard InChI is InChI=1S/C26H25NO4S/c1-19(7-6-10-20-8-4-3-5-9-20)23(28)14-11-21-12-16-25(29)27(21)18-17-22-13-15-24(32-22)26(30)31-2/h3-5,8-9,11,13-15,19,21,23,28H,7,12,16H2,1-2H3/b14-11+/t19?,21-,23+/m0/s1. The number of ether oxygens (including phenoxy) is 1. The second-order valence-electron chi connectivity index (χ2n) is 7.49. The van der Waals surface area contributed by atoms with Crippen molar-refractivity contribution in [3.8, 4) is 23.8 Å². The van der Waals surface area contributed by atoms with Crippen molar-refractivity contribution in [3.05, 3.63) is 69.9 Å². The lowest BCUT2D eigenvalue weighted by Gasteiger charge is -2.17. The number of amides is 1. The molecule has 5 nitrogen and oxygen atoms in total. The van der Waals surface area contributed by atoms with Crippen LogP contribution in [0, 0.1) is 29.7 Å². The molecule has 0 bridgehead atoms. The molecular formula is C26H25NO4S. The van der Waals surface area contributed by atoms with E-state index in [4.69, 9.17) is 4.74 Å². The van der Waals surface area contributed by atoms with E-state index in [1.165, 1.54) is 23.3 Å². The van der Waals surface area contributed by atoms with Crippen LogP contribution >= 0.6 is 11.3 Å². The minimum absolute atomic E-state index is 0.0398.